The van der Waals surface area contributed by atoms with Gasteiger partial charge in [-0.2, -0.15) is 0 Å². The molecule has 0 bridgehead atoms. The second-order valence-electron chi connectivity index (χ2n) is 4.96. The molecule has 1 atom stereocenters. The van der Waals surface area contributed by atoms with E-state index in [4.69, 9.17) is 9.47 Å². The quantitative estimate of drug-likeness (QED) is 0.623. The summed E-state index contributed by atoms with van der Waals surface area (Å²) in [5, 5.41) is 10.9. The van der Waals surface area contributed by atoms with Gasteiger partial charge in [-0.1, -0.05) is 0 Å². The van der Waals surface area contributed by atoms with Gasteiger partial charge in [0.25, 0.3) is 0 Å². The van der Waals surface area contributed by atoms with Crippen LogP contribution in [0.2, 0.25) is 0 Å². The van der Waals surface area contributed by atoms with Crippen molar-refractivity contribution in [2.75, 3.05) is 13.3 Å². The number of allylic oxidation sites excluding steroid dienone is 1. The zero-order chi connectivity index (χ0) is 14.4. The van der Waals surface area contributed by atoms with E-state index in [9.17, 15) is 14.9 Å². The molecule has 3 rings (SSSR count). The Labute approximate surface area is 115 Å². The van der Waals surface area contributed by atoms with E-state index >= 15 is 0 Å². The number of nitrogens with zero attached hydrogens (tertiary/aromatic N) is 1. The van der Waals surface area contributed by atoms with Crippen LogP contribution in [0.4, 0.5) is 0 Å². The molecule has 0 spiro atoms. The summed E-state index contributed by atoms with van der Waals surface area (Å²) in [7, 11) is 0. The van der Waals surface area contributed by atoms with Crippen molar-refractivity contribution in [1.29, 1.82) is 0 Å². The van der Waals surface area contributed by atoms with Crippen LogP contribution in [0.25, 0.3) is 5.57 Å². The van der Waals surface area contributed by atoms with E-state index in [0.717, 1.165) is 16.7 Å². The summed E-state index contributed by atoms with van der Waals surface area (Å²) in [4.78, 5) is 22.3. The number of Topliss-reactive ketones (excluding diaryl/α,β-unsaturated/α-hetero) is 1. The third-order valence-corrected chi connectivity index (χ3v) is 3.79. The van der Waals surface area contributed by atoms with Crippen LogP contribution in [0.5, 0.6) is 11.5 Å². The highest BCUT2D eigenvalue weighted by Crippen LogP contribution is 2.47. The number of nitro groups is 1. The molecule has 6 nitrogen and oxygen atoms in total. The minimum Gasteiger partial charge on any atom is -0.454 e. The van der Waals surface area contributed by atoms with Crippen molar-refractivity contribution < 1.29 is 19.2 Å². The summed E-state index contributed by atoms with van der Waals surface area (Å²) in [5.41, 5.74) is 2.91. The highest BCUT2D eigenvalue weighted by Gasteiger charge is 2.36. The first kappa shape index (κ1) is 12.7. The SMILES string of the molecule is CC(=O)C1=C(C)c2cc3c(cc2[C@H]1C[N+](=O)[O-])OCO3. The molecular formula is C14H13NO5. The first-order valence-corrected chi connectivity index (χ1v) is 6.26. The zero-order valence-corrected chi connectivity index (χ0v) is 11.1. The number of ether oxygens (including phenoxy) is 2. The number of carbonyl (C=O) groups excluding carboxylic acids is 1. The van der Waals surface area contributed by atoms with E-state index in [2.05, 4.69) is 0 Å². The molecule has 1 heterocycles. The van der Waals surface area contributed by atoms with Gasteiger partial charge in [-0.15, -0.1) is 0 Å². The predicted octanol–water partition coefficient (Wildman–Crippen LogP) is 2.15. The fourth-order valence-corrected chi connectivity index (χ4v) is 2.98. The van der Waals surface area contributed by atoms with Gasteiger partial charge in [-0.25, -0.2) is 0 Å². The molecule has 20 heavy (non-hydrogen) atoms. The third kappa shape index (κ3) is 1.76. The van der Waals surface area contributed by atoms with Gasteiger partial charge in [0, 0.05) is 10.5 Å². The lowest BCUT2D eigenvalue weighted by Gasteiger charge is -2.11. The number of ketones is 1. The van der Waals surface area contributed by atoms with Crippen molar-refractivity contribution in [3.8, 4) is 11.5 Å². The van der Waals surface area contributed by atoms with Crippen LogP contribution in [0.15, 0.2) is 17.7 Å². The molecule has 0 unspecified atom stereocenters. The summed E-state index contributed by atoms with van der Waals surface area (Å²) in [6, 6.07) is 3.56. The molecule has 0 radical (unpaired) electrons. The monoisotopic (exact) mass is 275 g/mol. The lowest BCUT2D eigenvalue weighted by Crippen LogP contribution is -2.16. The maximum Gasteiger partial charge on any atom is 0.231 e. The van der Waals surface area contributed by atoms with Gasteiger partial charge in [0.1, 0.15) is 0 Å². The van der Waals surface area contributed by atoms with Gasteiger partial charge in [0.05, 0.1) is 5.92 Å². The number of hydrogen-bond donors (Lipinski definition) is 0. The number of carbonyl (C=O) groups is 1. The Kier molecular flexibility index (Phi) is 2.74. The molecule has 0 fully saturated rings. The molecule has 1 aliphatic carbocycles. The predicted molar refractivity (Wildman–Crippen MR) is 70.4 cm³/mol. The van der Waals surface area contributed by atoms with Crippen LogP contribution < -0.4 is 9.47 Å². The van der Waals surface area contributed by atoms with E-state index in [1.54, 1.807) is 12.1 Å². The van der Waals surface area contributed by atoms with Crippen LogP contribution in [0.1, 0.15) is 30.9 Å². The summed E-state index contributed by atoms with van der Waals surface area (Å²) >= 11 is 0. The molecule has 0 saturated heterocycles. The van der Waals surface area contributed by atoms with Gasteiger partial charge >= 0.3 is 0 Å². The maximum absolute atomic E-state index is 11.8. The minimum absolute atomic E-state index is 0.132. The minimum atomic E-state index is -0.507. The Bertz CT molecular complexity index is 662. The number of benzene rings is 1. The standard InChI is InChI=1S/C14H13NO5/c1-7-9-3-12-13(20-6-19-12)4-10(9)11(5-15(17)18)14(7)8(2)16/h3-4,11H,5-6H2,1-2H3/t11-/m1/s1. The van der Waals surface area contributed by atoms with Crippen LogP contribution in [-0.2, 0) is 4.79 Å². The van der Waals surface area contributed by atoms with Gasteiger partial charge in [0.2, 0.25) is 13.3 Å². The second-order valence-corrected chi connectivity index (χ2v) is 4.96. The first-order chi connectivity index (χ1) is 9.49. The summed E-state index contributed by atoms with van der Waals surface area (Å²) in [5.74, 6) is 0.557. The number of hydrogen-bond acceptors (Lipinski definition) is 5. The Morgan fingerprint density at radius 2 is 2.05 bits per heavy atom. The molecule has 0 saturated carbocycles. The van der Waals surface area contributed by atoms with Gasteiger partial charge in [-0.05, 0) is 42.7 Å². The fraction of sp³-hybridized carbons (Fsp3) is 0.357. The molecule has 1 aliphatic heterocycles. The van der Waals surface area contributed by atoms with E-state index in [1.165, 1.54) is 6.92 Å². The Morgan fingerprint density at radius 1 is 1.40 bits per heavy atom. The van der Waals surface area contributed by atoms with Crippen molar-refractivity contribution in [2.24, 2.45) is 0 Å². The van der Waals surface area contributed by atoms with Gasteiger partial charge < -0.3 is 9.47 Å². The van der Waals surface area contributed by atoms with Crippen LogP contribution in [0, 0.1) is 10.1 Å². The lowest BCUT2D eigenvalue weighted by molar-refractivity contribution is -0.481. The van der Waals surface area contributed by atoms with Gasteiger partial charge in [0.15, 0.2) is 17.3 Å². The van der Waals surface area contributed by atoms with Crippen molar-refractivity contribution in [3.63, 3.8) is 0 Å². The largest absolute Gasteiger partial charge is 0.454 e. The third-order valence-electron chi connectivity index (χ3n) is 3.79. The molecular weight excluding hydrogens is 262 g/mol. The Balaban J connectivity index is 2.16. The number of rotatable bonds is 3. The molecule has 104 valence electrons. The topological polar surface area (TPSA) is 78.7 Å². The molecule has 0 aromatic heterocycles. The second kappa shape index (κ2) is 4.33. The highest BCUT2D eigenvalue weighted by atomic mass is 16.7. The van der Waals surface area contributed by atoms with Crippen molar-refractivity contribution in [3.05, 3.63) is 38.9 Å². The maximum atomic E-state index is 11.8. The fourth-order valence-electron chi connectivity index (χ4n) is 2.98. The first-order valence-electron chi connectivity index (χ1n) is 6.26. The average molecular weight is 275 g/mol. The molecule has 1 aromatic carbocycles. The average Bonchev–Trinajstić information content (AvgIpc) is 2.90. The smallest absolute Gasteiger partial charge is 0.231 e. The van der Waals surface area contributed by atoms with Crippen molar-refractivity contribution in [1.82, 2.24) is 0 Å². The zero-order valence-electron chi connectivity index (χ0n) is 11.1. The van der Waals surface area contributed by atoms with E-state index in [0.29, 0.717) is 17.1 Å². The van der Waals surface area contributed by atoms with Crippen LogP contribution in [0.3, 0.4) is 0 Å². The Hall–Kier alpha value is -2.37. The molecule has 0 N–H and O–H groups in total. The van der Waals surface area contributed by atoms with Gasteiger partial charge in [-0.3, -0.25) is 14.9 Å². The number of fused-ring (bicyclic) bond motifs is 2. The molecule has 1 aromatic rings. The lowest BCUT2D eigenvalue weighted by atomic mass is 9.93. The summed E-state index contributed by atoms with van der Waals surface area (Å²) in [6.45, 7) is 3.12. The van der Waals surface area contributed by atoms with E-state index in [1.807, 2.05) is 6.92 Å². The van der Waals surface area contributed by atoms with E-state index < -0.39 is 5.92 Å². The Morgan fingerprint density at radius 3 is 2.65 bits per heavy atom. The normalized spacial score (nSPS) is 19.2. The summed E-state index contributed by atoms with van der Waals surface area (Å²) < 4.78 is 10.6. The summed E-state index contributed by atoms with van der Waals surface area (Å²) in [6.07, 6.45) is 0. The molecule has 6 heteroatoms. The molecule has 2 aliphatic rings. The van der Waals surface area contributed by atoms with Crippen molar-refractivity contribution in [2.45, 2.75) is 19.8 Å². The van der Waals surface area contributed by atoms with Crippen molar-refractivity contribution >= 4 is 11.4 Å². The molecule has 0 amide bonds. The van der Waals surface area contributed by atoms with E-state index in [-0.39, 0.29) is 24.0 Å². The van der Waals surface area contributed by atoms with Crippen LogP contribution in [-0.4, -0.2) is 24.0 Å². The highest BCUT2D eigenvalue weighted by molar-refractivity contribution is 6.05. The van der Waals surface area contributed by atoms with Crippen LogP contribution >= 0.6 is 0 Å².